The topological polar surface area (TPSA) is 35.5 Å². The van der Waals surface area contributed by atoms with Crippen molar-refractivity contribution in [1.82, 2.24) is 0 Å². The number of carbonyl (C=O) groups excluding carboxylic acids is 1. The van der Waals surface area contributed by atoms with Gasteiger partial charge in [-0.05, 0) is 54.7 Å². The van der Waals surface area contributed by atoms with Gasteiger partial charge in [0.1, 0.15) is 13.2 Å². The van der Waals surface area contributed by atoms with Crippen molar-refractivity contribution in [3.63, 3.8) is 0 Å². The van der Waals surface area contributed by atoms with Crippen molar-refractivity contribution in [1.29, 1.82) is 0 Å². The van der Waals surface area contributed by atoms with E-state index in [-0.39, 0.29) is 30.5 Å². The third-order valence-electron chi connectivity index (χ3n) is 6.58. The number of carbonyl (C=O) groups is 1. The Morgan fingerprint density at radius 2 is 1.03 bits per heavy atom. The molecule has 1 aliphatic carbocycles. The van der Waals surface area contributed by atoms with E-state index >= 15 is 0 Å². The minimum absolute atomic E-state index is 0.111. The molecule has 4 aromatic rings. The van der Waals surface area contributed by atoms with Crippen LogP contribution >= 0.6 is 0 Å². The molecule has 196 valence electrons. The maximum atomic E-state index is 14.7. The number of Topliss-reactive ketones (excluding diaryl/α,β-unsaturated/α-hetero) is 1. The van der Waals surface area contributed by atoms with Crippen molar-refractivity contribution in [2.24, 2.45) is 0 Å². The molecule has 0 bridgehead atoms. The first-order valence-electron chi connectivity index (χ1n) is 12.9. The lowest BCUT2D eigenvalue weighted by molar-refractivity contribution is -0.112. The maximum absolute atomic E-state index is 14.7. The molecule has 0 spiro atoms. The van der Waals surface area contributed by atoms with Crippen LogP contribution in [-0.4, -0.2) is 5.78 Å². The minimum atomic E-state index is -0.487. The zero-order valence-corrected chi connectivity index (χ0v) is 21.4. The Balaban J connectivity index is 1.39. The highest BCUT2D eigenvalue weighted by Crippen LogP contribution is 2.33. The van der Waals surface area contributed by atoms with Crippen LogP contribution in [0.25, 0.3) is 12.2 Å². The van der Waals surface area contributed by atoms with Gasteiger partial charge in [-0.3, -0.25) is 4.79 Å². The number of hydrogen-bond donors (Lipinski definition) is 0. The van der Waals surface area contributed by atoms with Gasteiger partial charge in [0.25, 0.3) is 0 Å². The first-order valence-corrected chi connectivity index (χ1v) is 12.9. The van der Waals surface area contributed by atoms with Gasteiger partial charge in [-0.15, -0.1) is 0 Å². The lowest BCUT2D eigenvalue weighted by Crippen LogP contribution is -2.12. The standard InChI is InChI=1S/C34H28F2O3/c35-30-18-8-16-28(33(30)38-22-24-10-3-1-4-11-24)20-26-14-7-15-27(32(26)37)21-29-17-9-19-31(36)34(29)39-23-25-12-5-2-6-13-25/h1-6,8-13,16-21H,7,14-15,22-23H2/b26-20+,27-21+. The first kappa shape index (κ1) is 26.1. The molecule has 0 unspecified atom stereocenters. The Kier molecular flexibility index (Phi) is 8.27. The van der Waals surface area contributed by atoms with Crippen LogP contribution in [0.4, 0.5) is 8.78 Å². The smallest absolute Gasteiger partial charge is 0.185 e. The summed E-state index contributed by atoms with van der Waals surface area (Å²) in [5.74, 6) is -0.893. The minimum Gasteiger partial charge on any atom is -0.485 e. The number of halogens is 2. The van der Waals surface area contributed by atoms with Gasteiger partial charge in [0, 0.05) is 22.3 Å². The van der Waals surface area contributed by atoms with Crippen molar-refractivity contribution in [3.05, 3.63) is 142 Å². The SMILES string of the molecule is O=C1/C(=C/c2cccc(F)c2OCc2ccccc2)CCC/C1=C\c1cccc(F)c1OCc1ccccc1. The normalized spacial score (nSPS) is 15.5. The summed E-state index contributed by atoms with van der Waals surface area (Å²) < 4.78 is 41.2. The van der Waals surface area contributed by atoms with E-state index in [1.165, 1.54) is 12.1 Å². The van der Waals surface area contributed by atoms with Gasteiger partial charge in [-0.25, -0.2) is 8.78 Å². The Morgan fingerprint density at radius 3 is 1.46 bits per heavy atom. The van der Waals surface area contributed by atoms with Crippen LogP contribution in [0.15, 0.2) is 108 Å². The number of hydrogen-bond acceptors (Lipinski definition) is 3. The molecule has 0 N–H and O–H groups in total. The zero-order valence-electron chi connectivity index (χ0n) is 21.4. The van der Waals surface area contributed by atoms with E-state index in [9.17, 15) is 13.6 Å². The predicted octanol–water partition coefficient (Wildman–Crippen LogP) is 8.34. The van der Waals surface area contributed by atoms with Crippen molar-refractivity contribution < 1.29 is 23.0 Å². The second-order valence-corrected chi connectivity index (χ2v) is 9.39. The molecule has 0 amide bonds. The molecule has 5 rings (SSSR count). The fraction of sp³-hybridized carbons (Fsp3) is 0.147. The summed E-state index contributed by atoms with van der Waals surface area (Å²) in [4.78, 5) is 13.5. The zero-order chi connectivity index (χ0) is 27.0. The van der Waals surface area contributed by atoms with Crippen LogP contribution in [0.5, 0.6) is 11.5 Å². The molecular weight excluding hydrogens is 494 g/mol. The van der Waals surface area contributed by atoms with Crippen molar-refractivity contribution in [3.8, 4) is 11.5 Å². The molecule has 3 nitrogen and oxygen atoms in total. The summed E-state index contributed by atoms with van der Waals surface area (Å²) in [6.45, 7) is 0.421. The van der Waals surface area contributed by atoms with Gasteiger partial charge in [-0.2, -0.15) is 0 Å². The number of ether oxygens (including phenoxy) is 2. The fourth-order valence-electron chi connectivity index (χ4n) is 4.60. The number of allylic oxidation sites excluding steroid dienone is 2. The van der Waals surface area contributed by atoms with E-state index in [1.807, 2.05) is 60.7 Å². The molecule has 4 aromatic carbocycles. The fourth-order valence-corrected chi connectivity index (χ4v) is 4.60. The molecule has 0 atom stereocenters. The molecule has 5 heteroatoms. The Morgan fingerprint density at radius 1 is 0.590 bits per heavy atom. The summed E-state index contributed by atoms with van der Waals surface area (Å²) in [7, 11) is 0. The van der Waals surface area contributed by atoms with Crippen molar-refractivity contribution in [2.75, 3.05) is 0 Å². The van der Waals surface area contributed by atoms with Gasteiger partial charge in [0.2, 0.25) is 0 Å². The van der Waals surface area contributed by atoms with E-state index < -0.39 is 11.6 Å². The van der Waals surface area contributed by atoms with E-state index in [2.05, 4.69) is 0 Å². The highest BCUT2D eigenvalue weighted by molar-refractivity contribution is 6.14. The van der Waals surface area contributed by atoms with Crippen molar-refractivity contribution >= 4 is 17.9 Å². The second kappa shape index (κ2) is 12.4. The number of benzene rings is 4. The molecular formula is C34H28F2O3. The summed E-state index contributed by atoms with van der Waals surface area (Å²) in [6.07, 6.45) is 5.28. The van der Waals surface area contributed by atoms with Crippen molar-refractivity contribution in [2.45, 2.75) is 32.5 Å². The lowest BCUT2D eigenvalue weighted by Gasteiger charge is -2.18. The molecule has 1 saturated carbocycles. The second-order valence-electron chi connectivity index (χ2n) is 9.39. The molecule has 1 fully saturated rings. The lowest BCUT2D eigenvalue weighted by atomic mass is 9.86. The average Bonchev–Trinajstić information content (AvgIpc) is 2.95. The monoisotopic (exact) mass is 522 g/mol. The summed E-state index contributed by atoms with van der Waals surface area (Å²) in [5.41, 5.74) is 3.97. The Hall–Kier alpha value is -4.51. The van der Waals surface area contributed by atoms with Gasteiger partial charge >= 0.3 is 0 Å². The predicted molar refractivity (Wildman–Crippen MR) is 149 cm³/mol. The highest BCUT2D eigenvalue weighted by atomic mass is 19.1. The third-order valence-corrected chi connectivity index (χ3v) is 6.58. The van der Waals surface area contributed by atoms with E-state index in [4.69, 9.17) is 9.47 Å². The highest BCUT2D eigenvalue weighted by Gasteiger charge is 2.22. The van der Waals surface area contributed by atoms with Gasteiger partial charge in [-0.1, -0.05) is 84.9 Å². The Bertz CT molecular complexity index is 1400. The van der Waals surface area contributed by atoms with E-state index in [1.54, 1.807) is 36.4 Å². The van der Waals surface area contributed by atoms with E-state index in [0.29, 0.717) is 35.1 Å². The summed E-state index contributed by atoms with van der Waals surface area (Å²) >= 11 is 0. The largest absolute Gasteiger partial charge is 0.485 e. The quantitative estimate of drug-likeness (QED) is 0.218. The van der Waals surface area contributed by atoms with Crippen LogP contribution in [0.3, 0.4) is 0 Å². The summed E-state index contributed by atoms with van der Waals surface area (Å²) in [5, 5.41) is 0. The van der Waals surface area contributed by atoms with E-state index in [0.717, 1.165) is 17.5 Å². The van der Waals surface area contributed by atoms with Gasteiger partial charge in [0.05, 0.1) is 0 Å². The number of rotatable bonds is 8. The molecule has 0 aromatic heterocycles. The van der Waals surface area contributed by atoms with Crippen LogP contribution in [-0.2, 0) is 18.0 Å². The average molecular weight is 523 g/mol. The van der Waals surface area contributed by atoms with Crippen LogP contribution in [0, 0.1) is 11.6 Å². The van der Waals surface area contributed by atoms with Crippen LogP contribution in [0.2, 0.25) is 0 Å². The summed E-state index contributed by atoms with van der Waals surface area (Å²) in [6, 6.07) is 28.4. The number of ketones is 1. The van der Waals surface area contributed by atoms with Crippen LogP contribution in [0.1, 0.15) is 41.5 Å². The third kappa shape index (κ3) is 6.50. The van der Waals surface area contributed by atoms with Gasteiger partial charge < -0.3 is 9.47 Å². The molecule has 39 heavy (non-hydrogen) atoms. The molecule has 0 heterocycles. The maximum Gasteiger partial charge on any atom is 0.185 e. The molecule has 0 aliphatic heterocycles. The first-order chi connectivity index (χ1) is 19.1. The number of para-hydroxylation sites is 2. The Labute approximate surface area is 227 Å². The molecule has 0 radical (unpaired) electrons. The van der Waals surface area contributed by atoms with Gasteiger partial charge in [0.15, 0.2) is 28.9 Å². The molecule has 0 saturated heterocycles. The van der Waals surface area contributed by atoms with Crippen LogP contribution < -0.4 is 9.47 Å². The molecule has 1 aliphatic rings.